The third-order valence-corrected chi connectivity index (χ3v) is 7.73. The first-order chi connectivity index (χ1) is 19.4. The maximum Gasteiger partial charge on any atom is 0.338 e. The summed E-state index contributed by atoms with van der Waals surface area (Å²) >= 11 is 1.36. The Balaban J connectivity index is 1.44. The highest BCUT2D eigenvalue weighted by Crippen LogP contribution is 2.37. The molecule has 206 valence electrons. The summed E-state index contributed by atoms with van der Waals surface area (Å²) in [6.45, 7) is 2.02. The molecule has 0 aliphatic heterocycles. The molecule has 3 unspecified atom stereocenters. The van der Waals surface area contributed by atoms with Crippen molar-refractivity contribution in [2.24, 2.45) is 11.8 Å². The second-order valence-electron chi connectivity index (χ2n) is 9.20. The van der Waals surface area contributed by atoms with Crippen LogP contribution in [0.25, 0.3) is 0 Å². The van der Waals surface area contributed by atoms with E-state index in [1.807, 2.05) is 48.5 Å². The number of carbonyl (C=O) groups excluding carboxylic acids is 3. The number of ether oxygens (including phenoxy) is 1. The minimum absolute atomic E-state index is 0.234. The molecule has 9 heteroatoms. The van der Waals surface area contributed by atoms with Gasteiger partial charge in [0.2, 0.25) is 11.8 Å². The van der Waals surface area contributed by atoms with Gasteiger partial charge in [0.1, 0.15) is 5.25 Å². The molecule has 0 spiro atoms. The summed E-state index contributed by atoms with van der Waals surface area (Å²) in [4.78, 5) is 50.5. The number of nitrogens with one attached hydrogen (secondary N) is 2. The fourth-order valence-corrected chi connectivity index (χ4v) is 5.40. The van der Waals surface area contributed by atoms with Crippen molar-refractivity contribution in [3.05, 3.63) is 102 Å². The van der Waals surface area contributed by atoms with Gasteiger partial charge in [-0.25, -0.2) is 4.79 Å². The lowest BCUT2D eigenvalue weighted by molar-refractivity contribution is -0.146. The lowest BCUT2D eigenvalue weighted by atomic mass is 9.82. The van der Waals surface area contributed by atoms with Crippen LogP contribution in [0.15, 0.2) is 95.9 Å². The van der Waals surface area contributed by atoms with Crippen molar-refractivity contribution in [3.8, 4) is 0 Å². The molecular formula is C31H30N2O6S. The van der Waals surface area contributed by atoms with Crippen molar-refractivity contribution in [2.75, 3.05) is 17.2 Å². The molecule has 1 aliphatic rings. The Kier molecular flexibility index (Phi) is 9.75. The quantitative estimate of drug-likeness (QED) is 0.160. The maximum absolute atomic E-state index is 13.4. The molecule has 2 amide bonds. The van der Waals surface area contributed by atoms with Crippen LogP contribution in [0.1, 0.15) is 40.9 Å². The van der Waals surface area contributed by atoms with E-state index in [0.29, 0.717) is 29.8 Å². The normalized spacial score (nSPS) is 16.9. The van der Waals surface area contributed by atoms with E-state index in [0.717, 1.165) is 10.5 Å². The summed E-state index contributed by atoms with van der Waals surface area (Å²) < 4.78 is 5.01. The van der Waals surface area contributed by atoms with Crippen molar-refractivity contribution in [3.63, 3.8) is 0 Å². The zero-order valence-electron chi connectivity index (χ0n) is 21.9. The Hall–Kier alpha value is -4.37. The summed E-state index contributed by atoms with van der Waals surface area (Å²) in [5.74, 6) is -3.33. The first kappa shape index (κ1) is 28.6. The zero-order valence-corrected chi connectivity index (χ0v) is 22.7. The molecule has 4 rings (SSSR count). The third-order valence-electron chi connectivity index (χ3n) is 6.47. The number of amides is 2. The number of thioether (sulfide) groups is 1. The van der Waals surface area contributed by atoms with Gasteiger partial charge in [0.15, 0.2) is 0 Å². The molecular weight excluding hydrogens is 528 g/mol. The average Bonchev–Trinajstić information content (AvgIpc) is 2.97. The van der Waals surface area contributed by atoms with Crippen molar-refractivity contribution < 1.29 is 29.0 Å². The van der Waals surface area contributed by atoms with Gasteiger partial charge in [-0.1, -0.05) is 42.5 Å². The Morgan fingerprint density at radius 1 is 0.850 bits per heavy atom. The van der Waals surface area contributed by atoms with E-state index in [9.17, 15) is 24.3 Å². The topological polar surface area (TPSA) is 122 Å². The second-order valence-corrected chi connectivity index (χ2v) is 10.4. The molecule has 0 saturated heterocycles. The van der Waals surface area contributed by atoms with Gasteiger partial charge in [-0.05, 0) is 73.9 Å². The Morgan fingerprint density at radius 3 is 2.08 bits per heavy atom. The Labute approximate surface area is 236 Å². The fourth-order valence-electron chi connectivity index (χ4n) is 4.38. The minimum atomic E-state index is -0.976. The van der Waals surface area contributed by atoms with Crippen LogP contribution < -0.4 is 10.6 Å². The number of carbonyl (C=O) groups is 4. The van der Waals surface area contributed by atoms with Crippen LogP contribution in [0.3, 0.4) is 0 Å². The first-order valence-electron chi connectivity index (χ1n) is 12.9. The monoisotopic (exact) mass is 558 g/mol. The molecule has 0 bridgehead atoms. The van der Waals surface area contributed by atoms with Gasteiger partial charge >= 0.3 is 11.9 Å². The predicted octanol–water partition coefficient (Wildman–Crippen LogP) is 5.94. The van der Waals surface area contributed by atoms with Gasteiger partial charge in [-0.3, -0.25) is 14.4 Å². The molecule has 0 saturated carbocycles. The second kappa shape index (κ2) is 13.6. The van der Waals surface area contributed by atoms with Gasteiger partial charge in [0, 0.05) is 16.3 Å². The van der Waals surface area contributed by atoms with E-state index < -0.39 is 29.0 Å². The zero-order chi connectivity index (χ0) is 28.5. The van der Waals surface area contributed by atoms with Crippen LogP contribution in [0.4, 0.5) is 11.4 Å². The highest BCUT2D eigenvalue weighted by atomic mass is 32.2. The molecule has 0 radical (unpaired) electrons. The molecule has 3 aromatic carbocycles. The molecule has 40 heavy (non-hydrogen) atoms. The number of carboxylic acids is 1. The molecule has 0 heterocycles. The fraction of sp³-hybridized carbons (Fsp3) is 0.226. The Morgan fingerprint density at radius 2 is 1.45 bits per heavy atom. The molecule has 0 fully saturated rings. The largest absolute Gasteiger partial charge is 0.481 e. The number of hydrogen-bond acceptors (Lipinski definition) is 6. The van der Waals surface area contributed by atoms with E-state index in [-0.39, 0.29) is 18.4 Å². The number of aliphatic carboxylic acids is 1. The average molecular weight is 559 g/mol. The van der Waals surface area contributed by atoms with Gasteiger partial charge in [-0.15, -0.1) is 11.8 Å². The summed E-state index contributed by atoms with van der Waals surface area (Å²) in [6, 6.07) is 23.0. The van der Waals surface area contributed by atoms with Gasteiger partial charge in [0.05, 0.1) is 24.0 Å². The van der Waals surface area contributed by atoms with Crippen LogP contribution in [0.2, 0.25) is 0 Å². The van der Waals surface area contributed by atoms with Crippen molar-refractivity contribution >= 4 is 46.9 Å². The molecule has 3 N–H and O–H groups in total. The number of allylic oxidation sites excluding steroid dienone is 2. The van der Waals surface area contributed by atoms with Crippen LogP contribution in [-0.2, 0) is 19.1 Å². The molecule has 3 atom stereocenters. The molecule has 3 aromatic rings. The van der Waals surface area contributed by atoms with Crippen LogP contribution in [-0.4, -0.2) is 35.5 Å². The van der Waals surface area contributed by atoms with E-state index >= 15 is 0 Å². The van der Waals surface area contributed by atoms with Gasteiger partial charge in [-0.2, -0.15) is 0 Å². The number of carboxylic acid groups (broad SMARTS) is 1. The maximum atomic E-state index is 13.4. The third kappa shape index (κ3) is 7.39. The van der Waals surface area contributed by atoms with Gasteiger partial charge in [0.25, 0.3) is 0 Å². The van der Waals surface area contributed by atoms with Crippen LogP contribution >= 0.6 is 11.8 Å². The van der Waals surface area contributed by atoms with E-state index in [4.69, 9.17) is 4.74 Å². The highest BCUT2D eigenvalue weighted by Gasteiger charge is 2.34. The highest BCUT2D eigenvalue weighted by molar-refractivity contribution is 8.00. The minimum Gasteiger partial charge on any atom is -0.481 e. The summed E-state index contributed by atoms with van der Waals surface area (Å²) in [7, 11) is 0. The van der Waals surface area contributed by atoms with E-state index in [2.05, 4.69) is 10.6 Å². The molecule has 0 aromatic heterocycles. The summed E-state index contributed by atoms with van der Waals surface area (Å²) in [5, 5.41) is 14.6. The summed E-state index contributed by atoms with van der Waals surface area (Å²) in [5.41, 5.74) is 2.32. The van der Waals surface area contributed by atoms with Crippen molar-refractivity contribution in [1.29, 1.82) is 0 Å². The standard InChI is InChI=1S/C31H30N2O6S/c1-2-39-31(38)21-12-14-22(15-13-21)33-29(35)27(20-8-4-3-5-9-20)40-24-18-16-23(17-19-24)32-28(34)25-10-6-7-11-26(25)30(36)37/h3-9,12-19,25-27H,2,10-11H2,1H3,(H,32,34)(H,33,35)(H,36,37). The lowest BCUT2D eigenvalue weighted by Crippen LogP contribution is -2.34. The first-order valence-corrected chi connectivity index (χ1v) is 13.8. The summed E-state index contributed by atoms with van der Waals surface area (Å²) in [6.07, 6.45) is 4.36. The Bertz CT molecular complexity index is 1370. The lowest BCUT2D eigenvalue weighted by Gasteiger charge is -2.24. The van der Waals surface area contributed by atoms with Crippen molar-refractivity contribution in [2.45, 2.75) is 29.9 Å². The number of benzene rings is 3. The number of rotatable bonds is 10. The SMILES string of the molecule is CCOC(=O)c1ccc(NC(=O)C(Sc2ccc(NC(=O)C3CC=CCC3C(=O)O)cc2)c2ccccc2)cc1. The smallest absolute Gasteiger partial charge is 0.338 e. The van der Waals surface area contributed by atoms with Crippen LogP contribution in [0.5, 0.6) is 0 Å². The molecule has 8 nitrogen and oxygen atoms in total. The van der Waals surface area contributed by atoms with E-state index in [1.54, 1.807) is 49.4 Å². The van der Waals surface area contributed by atoms with E-state index in [1.165, 1.54) is 11.8 Å². The number of anilines is 2. The predicted molar refractivity (Wildman–Crippen MR) is 154 cm³/mol. The van der Waals surface area contributed by atoms with Crippen molar-refractivity contribution in [1.82, 2.24) is 0 Å². The number of esters is 1. The van der Waals surface area contributed by atoms with Crippen LogP contribution in [0, 0.1) is 11.8 Å². The van der Waals surface area contributed by atoms with Gasteiger partial charge < -0.3 is 20.5 Å². The number of hydrogen-bond donors (Lipinski definition) is 3. The molecule has 1 aliphatic carbocycles.